The average Bonchev–Trinajstić information content (AvgIpc) is 2.84. The fourth-order valence-corrected chi connectivity index (χ4v) is 2.76. The summed E-state index contributed by atoms with van der Waals surface area (Å²) in [4.78, 5) is 48.8. The second kappa shape index (κ2) is 7.42. The molecule has 1 fully saturated rings. The van der Waals surface area contributed by atoms with Crippen molar-refractivity contribution in [3.63, 3.8) is 0 Å². The summed E-state index contributed by atoms with van der Waals surface area (Å²) in [5, 5.41) is 2.64. The Morgan fingerprint density at radius 1 is 1.08 bits per heavy atom. The van der Waals surface area contributed by atoms with E-state index >= 15 is 0 Å². The molecule has 1 aromatic rings. The first-order valence-electron chi connectivity index (χ1n) is 8.33. The second-order valence-electron chi connectivity index (χ2n) is 5.80. The molecule has 1 aromatic carbocycles. The van der Waals surface area contributed by atoms with E-state index in [0.717, 1.165) is 10.5 Å². The van der Waals surface area contributed by atoms with Crippen molar-refractivity contribution >= 4 is 23.8 Å². The van der Waals surface area contributed by atoms with Crippen LogP contribution in [0, 0.1) is 0 Å². The quantitative estimate of drug-likeness (QED) is 0.562. The molecule has 0 aromatic heterocycles. The number of amides is 5. The Labute approximate surface area is 149 Å². The number of likely N-dealkylation sites (N-methyl/N-ethyl adjacent to an activating group) is 1. The van der Waals surface area contributed by atoms with Gasteiger partial charge in [-0.15, -0.1) is 0 Å². The molecule has 26 heavy (non-hydrogen) atoms. The summed E-state index contributed by atoms with van der Waals surface area (Å²) >= 11 is 0. The van der Waals surface area contributed by atoms with E-state index in [1.807, 2.05) is 18.2 Å². The molecule has 5 amide bonds. The lowest BCUT2D eigenvalue weighted by Gasteiger charge is -2.19. The van der Waals surface area contributed by atoms with Crippen molar-refractivity contribution in [1.82, 2.24) is 15.1 Å². The third-order valence-electron chi connectivity index (χ3n) is 4.10. The molecule has 2 aliphatic rings. The molecule has 2 aliphatic heterocycles. The second-order valence-corrected chi connectivity index (χ2v) is 5.80. The van der Waals surface area contributed by atoms with Crippen LogP contribution in [0.1, 0.15) is 12.5 Å². The zero-order valence-electron chi connectivity index (χ0n) is 14.3. The van der Waals surface area contributed by atoms with Crippen molar-refractivity contribution in [2.75, 3.05) is 32.8 Å². The third kappa shape index (κ3) is 3.46. The van der Waals surface area contributed by atoms with E-state index in [-0.39, 0.29) is 6.54 Å². The molecular formula is C17H19N3O6. The minimum absolute atomic E-state index is 0.0889. The Morgan fingerprint density at radius 3 is 2.46 bits per heavy atom. The van der Waals surface area contributed by atoms with Gasteiger partial charge in [0.05, 0.1) is 0 Å². The Balaban J connectivity index is 1.50. The van der Waals surface area contributed by atoms with Gasteiger partial charge in [0, 0.05) is 13.1 Å². The maximum absolute atomic E-state index is 12.0. The Hall–Kier alpha value is -3.10. The fraction of sp³-hybridized carbons (Fsp3) is 0.412. The van der Waals surface area contributed by atoms with Crippen molar-refractivity contribution in [2.24, 2.45) is 0 Å². The van der Waals surface area contributed by atoms with E-state index in [9.17, 15) is 19.2 Å². The van der Waals surface area contributed by atoms with Crippen molar-refractivity contribution in [2.45, 2.75) is 13.3 Å². The summed E-state index contributed by atoms with van der Waals surface area (Å²) in [6.45, 7) is 2.54. The minimum Gasteiger partial charge on any atom is -0.486 e. The van der Waals surface area contributed by atoms with Crippen LogP contribution in [0.4, 0.5) is 4.79 Å². The first-order chi connectivity index (χ1) is 12.5. The summed E-state index contributed by atoms with van der Waals surface area (Å²) < 4.78 is 11.0. The van der Waals surface area contributed by atoms with E-state index in [1.165, 1.54) is 0 Å². The number of hydrogen-bond donors (Lipinski definition) is 1. The smallest absolute Gasteiger partial charge is 0.334 e. The van der Waals surface area contributed by atoms with Gasteiger partial charge in [-0.1, -0.05) is 6.07 Å². The van der Waals surface area contributed by atoms with Crippen LogP contribution in [0.3, 0.4) is 0 Å². The molecular weight excluding hydrogens is 342 g/mol. The number of ether oxygens (including phenoxy) is 2. The van der Waals surface area contributed by atoms with E-state index < -0.39 is 30.3 Å². The number of carbonyl (C=O) groups excluding carboxylic acids is 4. The molecule has 0 bridgehead atoms. The monoisotopic (exact) mass is 361 g/mol. The molecule has 0 radical (unpaired) electrons. The lowest BCUT2D eigenvalue weighted by molar-refractivity contribution is -0.143. The molecule has 1 saturated heterocycles. The Morgan fingerprint density at radius 2 is 1.77 bits per heavy atom. The summed E-state index contributed by atoms with van der Waals surface area (Å²) in [7, 11) is 0. The third-order valence-corrected chi connectivity index (χ3v) is 4.10. The van der Waals surface area contributed by atoms with Crippen molar-refractivity contribution in [1.29, 1.82) is 0 Å². The maximum Gasteiger partial charge on any atom is 0.334 e. The van der Waals surface area contributed by atoms with Gasteiger partial charge in [-0.25, -0.2) is 9.69 Å². The number of carbonyl (C=O) groups is 4. The van der Waals surface area contributed by atoms with Gasteiger partial charge >= 0.3 is 17.8 Å². The molecule has 3 rings (SSSR count). The predicted molar refractivity (Wildman–Crippen MR) is 88.6 cm³/mol. The average molecular weight is 361 g/mol. The number of nitrogens with one attached hydrogen (secondary N) is 1. The number of benzene rings is 1. The lowest BCUT2D eigenvalue weighted by atomic mass is 10.1. The van der Waals surface area contributed by atoms with Crippen LogP contribution in [0.5, 0.6) is 11.5 Å². The maximum atomic E-state index is 12.0. The van der Waals surface area contributed by atoms with E-state index in [1.54, 1.807) is 6.92 Å². The standard InChI is InChI=1S/C17H19N3O6/c1-2-19-15(22)16(23)20(17(19)24)10-14(21)18-6-5-11-3-4-12-13(9-11)26-8-7-25-12/h3-4,9H,2,5-8,10H2,1H3,(H,18,21). The van der Waals surface area contributed by atoms with Crippen LogP contribution >= 0.6 is 0 Å². The first kappa shape index (κ1) is 17.7. The van der Waals surface area contributed by atoms with Crippen molar-refractivity contribution < 1.29 is 28.7 Å². The van der Waals surface area contributed by atoms with Crippen LogP contribution in [0.15, 0.2) is 18.2 Å². The van der Waals surface area contributed by atoms with Crippen molar-refractivity contribution in [3.8, 4) is 11.5 Å². The lowest BCUT2D eigenvalue weighted by Crippen LogP contribution is -2.41. The molecule has 0 spiro atoms. The molecule has 9 heteroatoms. The van der Waals surface area contributed by atoms with Crippen LogP contribution in [-0.2, 0) is 20.8 Å². The summed E-state index contributed by atoms with van der Waals surface area (Å²) in [6.07, 6.45) is 0.546. The largest absolute Gasteiger partial charge is 0.486 e. The summed E-state index contributed by atoms with van der Waals surface area (Å²) in [6, 6.07) is 4.79. The van der Waals surface area contributed by atoms with Crippen LogP contribution in [0.2, 0.25) is 0 Å². The van der Waals surface area contributed by atoms with Gasteiger partial charge < -0.3 is 14.8 Å². The van der Waals surface area contributed by atoms with Gasteiger partial charge in [-0.3, -0.25) is 19.3 Å². The van der Waals surface area contributed by atoms with Gasteiger partial charge in [0.25, 0.3) is 0 Å². The first-order valence-corrected chi connectivity index (χ1v) is 8.33. The van der Waals surface area contributed by atoms with Gasteiger partial charge in [-0.05, 0) is 31.0 Å². The number of fused-ring (bicyclic) bond motifs is 1. The molecule has 0 aliphatic carbocycles. The van der Waals surface area contributed by atoms with E-state index in [4.69, 9.17) is 9.47 Å². The molecule has 0 unspecified atom stereocenters. The topological polar surface area (TPSA) is 105 Å². The normalized spacial score (nSPS) is 16.3. The molecule has 0 saturated carbocycles. The Bertz CT molecular complexity index is 763. The zero-order chi connectivity index (χ0) is 18.7. The van der Waals surface area contributed by atoms with Crippen LogP contribution in [-0.4, -0.2) is 66.4 Å². The van der Waals surface area contributed by atoms with Gasteiger partial charge in [-0.2, -0.15) is 0 Å². The summed E-state index contributed by atoms with van der Waals surface area (Å²) in [5.74, 6) is -1.01. The minimum atomic E-state index is -0.973. The Kier molecular flexibility index (Phi) is 5.06. The van der Waals surface area contributed by atoms with Crippen LogP contribution < -0.4 is 14.8 Å². The van der Waals surface area contributed by atoms with Gasteiger partial charge in [0.1, 0.15) is 19.8 Å². The SMILES string of the molecule is CCN1C(=O)C(=O)N(CC(=O)NCCc2ccc3c(c2)OCCO3)C1=O. The number of imide groups is 2. The highest BCUT2D eigenvalue weighted by molar-refractivity contribution is 6.45. The van der Waals surface area contributed by atoms with Gasteiger partial charge in [0.2, 0.25) is 5.91 Å². The highest BCUT2D eigenvalue weighted by Gasteiger charge is 2.44. The number of urea groups is 1. The fourth-order valence-electron chi connectivity index (χ4n) is 2.76. The van der Waals surface area contributed by atoms with Crippen LogP contribution in [0.25, 0.3) is 0 Å². The number of hydrogen-bond acceptors (Lipinski definition) is 6. The molecule has 9 nitrogen and oxygen atoms in total. The highest BCUT2D eigenvalue weighted by Crippen LogP contribution is 2.30. The molecule has 1 N–H and O–H groups in total. The van der Waals surface area contributed by atoms with Gasteiger partial charge in [0.15, 0.2) is 11.5 Å². The number of nitrogens with zero attached hydrogens (tertiary/aromatic N) is 2. The van der Waals surface area contributed by atoms with Crippen molar-refractivity contribution in [3.05, 3.63) is 23.8 Å². The molecule has 2 heterocycles. The van der Waals surface area contributed by atoms with E-state index in [2.05, 4.69) is 5.32 Å². The zero-order valence-corrected chi connectivity index (χ0v) is 14.3. The number of rotatable bonds is 6. The summed E-state index contributed by atoms with van der Waals surface area (Å²) in [5.41, 5.74) is 0.954. The predicted octanol–water partition coefficient (Wildman–Crippen LogP) is -0.0728. The molecule has 0 atom stereocenters. The highest BCUT2D eigenvalue weighted by atomic mass is 16.6. The van der Waals surface area contributed by atoms with E-state index in [0.29, 0.717) is 42.6 Å². The molecule has 138 valence electrons.